The molecule has 0 radical (unpaired) electrons. The fourth-order valence-corrected chi connectivity index (χ4v) is 4.64. The number of aryl methyl sites for hydroxylation is 2. The quantitative estimate of drug-likeness (QED) is 0.882. The summed E-state index contributed by atoms with van der Waals surface area (Å²) in [7, 11) is 0. The molecule has 1 aliphatic rings. The molecule has 0 aromatic carbocycles. The highest BCUT2D eigenvalue weighted by atomic mass is 32.2. The molecule has 6 heteroatoms. The second kappa shape index (κ2) is 6.28. The van der Waals surface area contributed by atoms with Crippen LogP contribution in [0.15, 0.2) is 17.3 Å². The van der Waals surface area contributed by atoms with Crippen LogP contribution in [0.2, 0.25) is 0 Å². The van der Waals surface area contributed by atoms with Crippen molar-refractivity contribution in [3.8, 4) is 0 Å². The average Bonchev–Trinajstić information content (AvgIpc) is 2.96. The molecule has 3 heterocycles. The number of nitrogens with zero attached hydrogens (tertiary/aromatic N) is 3. The molecule has 4 nitrogen and oxygen atoms in total. The number of thiophene rings is 1. The normalized spacial score (nSPS) is 16.7. The molecule has 1 unspecified atom stereocenters. The van der Waals surface area contributed by atoms with Gasteiger partial charge in [0.15, 0.2) is 5.16 Å². The summed E-state index contributed by atoms with van der Waals surface area (Å²) in [6, 6.07) is 4.35. The molecule has 0 bridgehead atoms. The molecular weight excluding hydrogens is 288 g/mol. The highest BCUT2D eigenvalue weighted by Crippen LogP contribution is 2.37. The fraction of sp³-hybridized carbons (Fsp3) is 0.571. The first-order valence-corrected chi connectivity index (χ1v) is 8.82. The topological polar surface area (TPSA) is 56.7 Å². The molecule has 20 heavy (non-hydrogen) atoms. The van der Waals surface area contributed by atoms with Gasteiger partial charge in [-0.05, 0) is 31.9 Å². The van der Waals surface area contributed by atoms with E-state index in [1.807, 2.05) is 11.3 Å². The summed E-state index contributed by atoms with van der Waals surface area (Å²) in [6.07, 6.45) is 4.80. The van der Waals surface area contributed by atoms with Gasteiger partial charge >= 0.3 is 0 Å². The molecule has 0 saturated carbocycles. The molecule has 1 atom stereocenters. The minimum Gasteiger partial charge on any atom is -0.329 e. The van der Waals surface area contributed by atoms with Crippen LogP contribution in [0.1, 0.15) is 40.1 Å². The van der Waals surface area contributed by atoms with E-state index in [4.69, 9.17) is 5.73 Å². The van der Waals surface area contributed by atoms with E-state index < -0.39 is 0 Å². The zero-order valence-corrected chi connectivity index (χ0v) is 13.3. The van der Waals surface area contributed by atoms with Gasteiger partial charge in [0.05, 0.1) is 5.25 Å². The summed E-state index contributed by atoms with van der Waals surface area (Å²) in [5, 5.41) is 10.1. The number of aromatic nitrogens is 3. The van der Waals surface area contributed by atoms with E-state index in [2.05, 4.69) is 33.8 Å². The zero-order valence-electron chi connectivity index (χ0n) is 11.7. The third kappa shape index (κ3) is 2.92. The SMILES string of the molecule is Cc1ccc(C(CN)Sc2nnc3n2CCCCC3)s1. The largest absolute Gasteiger partial charge is 0.329 e. The number of rotatable bonds is 4. The van der Waals surface area contributed by atoms with E-state index >= 15 is 0 Å². The van der Waals surface area contributed by atoms with Crippen LogP contribution < -0.4 is 5.73 Å². The number of hydrogen-bond donors (Lipinski definition) is 1. The standard InChI is InChI=1S/C14H20N4S2/c1-10-6-7-11(19-10)12(9-15)20-14-17-16-13-5-3-2-4-8-18(13)14/h6-7,12H,2-5,8-9,15H2,1H3. The van der Waals surface area contributed by atoms with Gasteiger partial charge in [-0.15, -0.1) is 21.5 Å². The van der Waals surface area contributed by atoms with Gasteiger partial charge in [0.2, 0.25) is 0 Å². The minimum absolute atomic E-state index is 0.283. The van der Waals surface area contributed by atoms with Crippen LogP contribution in [0.25, 0.3) is 0 Å². The summed E-state index contributed by atoms with van der Waals surface area (Å²) in [5.74, 6) is 1.14. The molecule has 2 N–H and O–H groups in total. The number of nitrogens with two attached hydrogens (primary N) is 1. The van der Waals surface area contributed by atoms with E-state index in [1.54, 1.807) is 11.8 Å². The van der Waals surface area contributed by atoms with Crippen LogP contribution in [0.5, 0.6) is 0 Å². The molecule has 0 saturated heterocycles. The summed E-state index contributed by atoms with van der Waals surface area (Å²) >= 11 is 3.59. The Morgan fingerprint density at radius 1 is 1.35 bits per heavy atom. The summed E-state index contributed by atoms with van der Waals surface area (Å²) in [5.41, 5.74) is 5.97. The first-order chi connectivity index (χ1) is 9.78. The second-order valence-electron chi connectivity index (χ2n) is 5.15. The Morgan fingerprint density at radius 3 is 3.00 bits per heavy atom. The minimum atomic E-state index is 0.283. The highest BCUT2D eigenvalue weighted by molar-refractivity contribution is 7.99. The lowest BCUT2D eigenvalue weighted by Crippen LogP contribution is -2.10. The van der Waals surface area contributed by atoms with Crippen molar-refractivity contribution < 1.29 is 0 Å². The van der Waals surface area contributed by atoms with Gasteiger partial charge in [-0.2, -0.15) is 0 Å². The third-order valence-corrected chi connectivity index (χ3v) is 6.12. The molecule has 2 aromatic heterocycles. The monoisotopic (exact) mass is 308 g/mol. The highest BCUT2D eigenvalue weighted by Gasteiger charge is 2.20. The van der Waals surface area contributed by atoms with Crippen LogP contribution in [0.3, 0.4) is 0 Å². The van der Waals surface area contributed by atoms with Crippen molar-refractivity contribution in [2.45, 2.75) is 49.6 Å². The lowest BCUT2D eigenvalue weighted by atomic mass is 10.2. The fourth-order valence-electron chi connectivity index (χ4n) is 2.52. The third-order valence-electron chi connectivity index (χ3n) is 3.62. The van der Waals surface area contributed by atoms with Crippen molar-refractivity contribution in [2.75, 3.05) is 6.54 Å². The maximum atomic E-state index is 5.97. The van der Waals surface area contributed by atoms with E-state index in [1.165, 1.54) is 29.0 Å². The van der Waals surface area contributed by atoms with Crippen LogP contribution in [-0.2, 0) is 13.0 Å². The van der Waals surface area contributed by atoms with E-state index in [9.17, 15) is 0 Å². The Morgan fingerprint density at radius 2 is 2.25 bits per heavy atom. The van der Waals surface area contributed by atoms with Gasteiger partial charge in [0, 0.05) is 29.3 Å². The van der Waals surface area contributed by atoms with Crippen LogP contribution in [0.4, 0.5) is 0 Å². The molecule has 108 valence electrons. The lowest BCUT2D eigenvalue weighted by molar-refractivity contribution is 0.590. The molecule has 2 aromatic rings. The maximum Gasteiger partial charge on any atom is 0.191 e. The Balaban J connectivity index is 1.81. The van der Waals surface area contributed by atoms with Crippen molar-refractivity contribution in [1.29, 1.82) is 0 Å². The van der Waals surface area contributed by atoms with E-state index in [-0.39, 0.29) is 5.25 Å². The Labute approximate surface area is 127 Å². The van der Waals surface area contributed by atoms with Gasteiger partial charge in [-0.1, -0.05) is 18.2 Å². The number of thioether (sulfide) groups is 1. The summed E-state index contributed by atoms with van der Waals surface area (Å²) in [4.78, 5) is 2.67. The predicted molar refractivity (Wildman–Crippen MR) is 84.3 cm³/mol. The van der Waals surface area contributed by atoms with Crippen LogP contribution in [-0.4, -0.2) is 21.3 Å². The van der Waals surface area contributed by atoms with Gasteiger partial charge in [0.1, 0.15) is 5.82 Å². The first-order valence-electron chi connectivity index (χ1n) is 7.13. The predicted octanol–water partition coefficient (Wildman–Crippen LogP) is 3.17. The molecule has 0 aliphatic carbocycles. The summed E-state index contributed by atoms with van der Waals surface area (Å²) in [6.45, 7) is 3.81. The molecule has 3 rings (SSSR count). The molecule has 0 amide bonds. The molecule has 1 aliphatic heterocycles. The van der Waals surface area contributed by atoms with Crippen LogP contribution in [0, 0.1) is 6.92 Å². The van der Waals surface area contributed by atoms with Crippen LogP contribution >= 0.6 is 23.1 Å². The number of hydrogen-bond acceptors (Lipinski definition) is 5. The molecular formula is C14H20N4S2. The summed E-state index contributed by atoms with van der Waals surface area (Å²) < 4.78 is 2.29. The average molecular weight is 308 g/mol. The second-order valence-corrected chi connectivity index (χ2v) is 7.64. The van der Waals surface area contributed by atoms with Crippen molar-refractivity contribution in [1.82, 2.24) is 14.8 Å². The molecule has 0 spiro atoms. The van der Waals surface area contributed by atoms with Gasteiger partial charge < -0.3 is 10.3 Å². The maximum absolute atomic E-state index is 5.97. The Bertz CT molecular complexity index is 575. The van der Waals surface area contributed by atoms with Gasteiger partial charge in [0.25, 0.3) is 0 Å². The Hall–Kier alpha value is -0.850. The van der Waals surface area contributed by atoms with Crippen molar-refractivity contribution in [3.63, 3.8) is 0 Å². The smallest absolute Gasteiger partial charge is 0.191 e. The van der Waals surface area contributed by atoms with Crippen molar-refractivity contribution in [2.24, 2.45) is 5.73 Å². The Kier molecular flexibility index (Phi) is 4.43. The van der Waals surface area contributed by atoms with Crippen molar-refractivity contribution >= 4 is 23.1 Å². The zero-order chi connectivity index (χ0) is 13.9. The van der Waals surface area contributed by atoms with E-state index in [0.29, 0.717) is 6.54 Å². The van der Waals surface area contributed by atoms with Gasteiger partial charge in [-0.25, -0.2) is 0 Å². The first kappa shape index (κ1) is 14.1. The molecule has 0 fully saturated rings. The lowest BCUT2D eigenvalue weighted by Gasteiger charge is -2.13. The van der Waals surface area contributed by atoms with Gasteiger partial charge in [-0.3, -0.25) is 0 Å². The van der Waals surface area contributed by atoms with Crippen molar-refractivity contribution in [3.05, 3.63) is 27.7 Å². The number of fused-ring (bicyclic) bond motifs is 1. The van der Waals surface area contributed by atoms with E-state index in [0.717, 1.165) is 23.9 Å².